The normalized spacial score (nSPS) is 12.8. The van der Waals surface area contributed by atoms with E-state index in [1.165, 1.54) is 6.07 Å². The zero-order chi connectivity index (χ0) is 11.4. The lowest BCUT2D eigenvalue weighted by molar-refractivity contribution is -0.384. The van der Waals surface area contributed by atoms with Gasteiger partial charge in [0.25, 0.3) is 5.69 Å². The highest BCUT2D eigenvalue weighted by molar-refractivity contribution is 5.35. The molecule has 0 unspecified atom stereocenters. The van der Waals surface area contributed by atoms with Gasteiger partial charge in [-0.05, 0) is 12.5 Å². The summed E-state index contributed by atoms with van der Waals surface area (Å²) in [5, 5.41) is 13.9. The molecular weight excluding hydrogens is 192 g/mol. The molecule has 0 aliphatic carbocycles. The van der Waals surface area contributed by atoms with E-state index in [-0.39, 0.29) is 16.7 Å². The molecule has 1 N–H and O–H groups in total. The van der Waals surface area contributed by atoms with Crippen molar-refractivity contribution in [1.29, 1.82) is 0 Å². The summed E-state index contributed by atoms with van der Waals surface area (Å²) in [6.07, 6.45) is 0. The fraction of sp³-hybridized carbons (Fsp3) is 0.455. The SMILES string of the molecule is CC(C)N[C@H](C)c1cccc([N+](=O)[O-])c1. The van der Waals surface area contributed by atoms with Gasteiger partial charge in [0.05, 0.1) is 4.92 Å². The van der Waals surface area contributed by atoms with E-state index in [0.29, 0.717) is 6.04 Å². The lowest BCUT2D eigenvalue weighted by atomic mass is 10.1. The van der Waals surface area contributed by atoms with Crippen molar-refractivity contribution >= 4 is 5.69 Å². The van der Waals surface area contributed by atoms with Gasteiger partial charge < -0.3 is 5.32 Å². The Morgan fingerprint density at radius 3 is 2.53 bits per heavy atom. The quantitative estimate of drug-likeness (QED) is 0.611. The van der Waals surface area contributed by atoms with E-state index in [9.17, 15) is 10.1 Å². The summed E-state index contributed by atoms with van der Waals surface area (Å²) in [7, 11) is 0. The van der Waals surface area contributed by atoms with Crippen molar-refractivity contribution in [1.82, 2.24) is 5.32 Å². The highest BCUT2D eigenvalue weighted by Crippen LogP contribution is 2.19. The zero-order valence-electron chi connectivity index (χ0n) is 9.23. The molecule has 15 heavy (non-hydrogen) atoms. The van der Waals surface area contributed by atoms with Crippen LogP contribution in [0, 0.1) is 10.1 Å². The standard InChI is InChI=1S/C11H16N2O2/c1-8(2)12-9(3)10-5-4-6-11(7-10)13(14)15/h4-9,12H,1-3H3/t9-/m1/s1. The first-order valence-electron chi connectivity index (χ1n) is 5.01. The van der Waals surface area contributed by atoms with Gasteiger partial charge in [-0.2, -0.15) is 0 Å². The first-order chi connectivity index (χ1) is 7.00. The summed E-state index contributed by atoms with van der Waals surface area (Å²) in [6.45, 7) is 6.10. The minimum atomic E-state index is -0.369. The second-order valence-electron chi connectivity index (χ2n) is 3.90. The van der Waals surface area contributed by atoms with Gasteiger partial charge in [-0.1, -0.05) is 26.0 Å². The third kappa shape index (κ3) is 3.32. The van der Waals surface area contributed by atoms with Gasteiger partial charge in [-0.3, -0.25) is 10.1 Å². The van der Waals surface area contributed by atoms with E-state index in [0.717, 1.165) is 5.56 Å². The van der Waals surface area contributed by atoms with Crippen LogP contribution in [0.25, 0.3) is 0 Å². The number of non-ortho nitro benzene ring substituents is 1. The van der Waals surface area contributed by atoms with Gasteiger partial charge in [-0.15, -0.1) is 0 Å². The Hall–Kier alpha value is -1.42. The molecule has 0 saturated carbocycles. The fourth-order valence-electron chi connectivity index (χ4n) is 1.50. The van der Waals surface area contributed by atoms with Crippen molar-refractivity contribution in [3.8, 4) is 0 Å². The number of hydrogen-bond acceptors (Lipinski definition) is 3. The van der Waals surface area contributed by atoms with Crippen molar-refractivity contribution < 1.29 is 4.92 Å². The lowest BCUT2D eigenvalue weighted by Crippen LogP contribution is -2.25. The van der Waals surface area contributed by atoms with Crippen molar-refractivity contribution in [2.45, 2.75) is 32.9 Å². The highest BCUT2D eigenvalue weighted by atomic mass is 16.6. The molecule has 0 amide bonds. The van der Waals surface area contributed by atoms with Crippen LogP contribution in [-0.2, 0) is 0 Å². The maximum atomic E-state index is 10.6. The van der Waals surface area contributed by atoms with Crippen molar-refractivity contribution in [3.05, 3.63) is 39.9 Å². The topological polar surface area (TPSA) is 55.2 Å². The number of nitro groups is 1. The predicted octanol–water partition coefficient (Wildman–Crippen LogP) is 2.65. The molecule has 4 nitrogen and oxygen atoms in total. The van der Waals surface area contributed by atoms with Gasteiger partial charge in [0, 0.05) is 24.2 Å². The molecule has 0 bridgehead atoms. The van der Waals surface area contributed by atoms with E-state index >= 15 is 0 Å². The summed E-state index contributed by atoms with van der Waals surface area (Å²) >= 11 is 0. The third-order valence-corrected chi connectivity index (χ3v) is 2.16. The summed E-state index contributed by atoms with van der Waals surface area (Å²) in [6, 6.07) is 7.22. The summed E-state index contributed by atoms with van der Waals surface area (Å²) < 4.78 is 0. The fourth-order valence-corrected chi connectivity index (χ4v) is 1.50. The molecule has 82 valence electrons. The van der Waals surface area contributed by atoms with E-state index in [4.69, 9.17) is 0 Å². The van der Waals surface area contributed by atoms with Crippen LogP contribution in [-0.4, -0.2) is 11.0 Å². The lowest BCUT2D eigenvalue weighted by Gasteiger charge is -2.16. The first-order valence-corrected chi connectivity index (χ1v) is 5.01. The van der Waals surface area contributed by atoms with E-state index < -0.39 is 0 Å². The van der Waals surface area contributed by atoms with E-state index in [1.54, 1.807) is 12.1 Å². The van der Waals surface area contributed by atoms with Gasteiger partial charge in [-0.25, -0.2) is 0 Å². The number of nitrogens with zero attached hydrogens (tertiary/aromatic N) is 1. The number of benzene rings is 1. The Kier molecular flexibility index (Phi) is 3.80. The molecule has 4 heteroatoms. The molecule has 0 spiro atoms. The highest BCUT2D eigenvalue weighted by Gasteiger charge is 2.10. The molecule has 0 aliphatic rings. The molecule has 1 aromatic rings. The molecular formula is C11H16N2O2. The second-order valence-corrected chi connectivity index (χ2v) is 3.90. The summed E-state index contributed by atoms with van der Waals surface area (Å²) in [5.74, 6) is 0. The van der Waals surface area contributed by atoms with Gasteiger partial charge >= 0.3 is 0 Å². The van der Waals surface area contributed by atoms with Gasteiger partial charge in [0.1, 0.15) is 0 Å². The van der Waals surface area contributed by atoms with E-state index in [2.05, 4.69) is 5.32 Å². The van der Waals surface area contributed by atoms with E-state index in [1.807, 2.05) is 26.8 Å². The molecule has 1 atom stereocenters. The minimum Gasteiger partial charge on any atom is -0.308 e. The maximum Gasteiger partial charge on any atom is 0.269 e. The Morgan fingerprint density at radius 2 is 2.00 bits per heavy atom. The second kappa shape index (κ2) is 4.89. The van der Waals surface area contributed by atoms with Gasteiger partial charge in [0.2, 0.25) is 0 Å². The summed E-state index contributed by atoms with van der Waals surface area (Å²) in [5.41, 5.74) is 1.09. The predicted molar refractivity (Wildman–Crippen MR) is 59.8 cm³/mol. The molecule has 0 fully saturated rings. The molecule has 0 aromatic heterocycles. The van der Waals surface area contributed by atoms with Crippen LogP contribution >= 0.6 is 0 Å². The molecule has 0 saturated heterocycles. The van der Waals surface area contributed by atoms with Crippen LogP contribution in [0.5, 0.6) is 0 Å². The number of rotatable bonds is 4. The van der Waals surface area contributed by atoms with Crippen molar-refractivity contribution in [2.24, 2.45) is 0 Å². The van der Waals surface area contributed by atoms with Crippen LogP contribution in [0.1, 0.15) is 32.4 Å². The van der Waals surface area contributed by atoms with Crippen LogP contribution < -0.4 is 5.32 Å². The van der Waals surface area contributed by atoms with Gasteiger partial charge in [0.15, 0.2) is 0 Å². The molecule has 0 aliphatic heterocycles. The van der Waals surface area contributed by atoms with Crippen LogP contribution in [0.2, 0.25) is 0 Å². The molecule has 0 radical (unpaired) electrons. The summed E-state index contributed by atoms with van der Waals surface area (Å²) in [4.78, 5) is 10.2. The third-order valence-electron chi connectivity index (χ3n) is 2.16. The van der Waals surface area contributed by atoms with Crippen molar-refractivity contribution in [3.63, 3.8) is 0 Å². The Balaban J connectivity index is 2.85. The van der Waals surface area contributed by atoms with Crippen LogP contribution in [0.4, 0.5) is 5.69 Å². The average Bonchev–Trinajstić information content (AvgIpc) is 2.17. The van der Waals surface area contributed by atoms with Crippen molar-refractivity contribution in [2.75, 3.05) is 0 Å². The van der Waals surface area contributed by atoms with Crippen LogP contribution in [0.15, 0.2) is 24.3 Å². The number of nitro benzene ring substituents is 1. The number of hydrogen-bond donors (Lipinski definition) is 1. The Labute approximate surface area is 89.5 Å². The smallest absolute Gasteiger partial charge is 0.269 e. The Morgan fingerprint density at radius 1 is 1.33 bits per heavy atom. The monoisotopic (exact) mass is 208 g/mol. The average molecular weight is 208 g/mol. The molecule has 1 aromatic carbocycles. The molecule has 0 heterocycles. The number of nitrogens with one attached hydrogen (secondary N) is 1. The first kappa shape index (κ1) is 11.7. The Bertz CT molecular complexity index is 350. The largest absolute Gasteiger partial charge is 0.308 e. The van der Waals surface area contributed by atoms with Crippen LogP contribution in [0.3, 0.4) is 0 Å². The minimum absolute atomic E-state index is 0.130. The zero-order valence-corrected chi connectivity index (χ0v) is 9.23. The molecule has 1 rings (SSSR count). The maximum absolute atomic E-state index is 10.6.